The van der Waals surface area contributed by atoms with Gasteiger partial charge in [0.05, 0.1) is 0 Å². The minimum Gasteiger partial charge on any atom is -0.353 e. The molecule has 0 spiro atoms. The van der Waals surface area contributed by atoms with Gasteiger partial charge in [0, 0.05) is 90.4 Å². The number of nitrogens with two attached hydrogens (primary N) is 1. The van der Waals surface area contributed by atoms with Crippen LogP contribution >= 0.6 is 0 Å². The Morgan fingerprint density at radius 1 is 0.591 bits per heavy atom. The van der Waals surface area contributed by atoms with E-state index in [2.05, 4.69) is 53.0 Å². The van der Waals surface area contributed by atoms with Gasteiger partial charge in [-0.1, -0.05) is 105 Å². The quantitative estimate of drug-likeness (QED) is 0.0895. The third-order valence-corrected chi connectivity index (χ3v) is 9.31. The van der Waals surface area contributed by atoms with E-state index in [1.54, 1.807) is 0 Å². The zero-order valence-corrected chi connectivity index (χ0v) is 29.7. The summed E-state index contributed by atoms with van der Waals surface area (Å²) in [6.07, 6.45) is 19.9. The van der Waals surface area contributed by atoms with Gasteiger partial charge in [0.25, 0.3) is 0 Å². The van der Waals surface area contributed by atoms with E-state index in [-0.39, 0.29) is 11.8 Å². The van der Waals surface area contributed by atoms with Gasteiger partial charge in [-0.25, -0.2) is 0 Å². The summed E-state index contributed by atoms with van der Waals surface area (Å²) in [4.78, 5) is 33.5. The van der Waals surface area contributed by atoms with E-state index in [0.717, 1.165) is 97.2 Å². The first kappa shape index (κ1) is 40.8. The van der Waals surface area contributed by atoms with Crippen LogP contribution < -0.4 is 16.4 Å². The Morgan fingerprint density at radius 2 is 1.00 bits per heavy atom. The molecule has 0 aliphatic carbocycles. The lowest BCUT2D eigenvalue weighted by atomic mass is 10.0. The van der Waals surface area contributed by atoms with Crippen LogP contribution in [0.5, 0.6) is 0 Å². The van der Waals surface area contributed by atoms with E-state index in [1.165, 1.54) is 51.4 Å². The van der Waals surface area contributed by atoms with Gasteiger partial charge < -0.3 is 21.3 Å². The molecule has 260 valence electrons. The Balaban J connectivity index is 2.68. The van der Waals surface area contributed by atoms with Crippen LogP contribution in [0.2, 0.25) is 0 Å². The van der Waals surface area contributed by atoms with Crippen molar-refractivity contribution < 1.29 is 9.59 Å². The molecule has 0 bridgehead atoms. The molecule has 2 amide bonds. The minimum absolute atomic E-state index is 0.165. The zero-order valence-electron chi connectivity index (χ0n) is 29.7. The van der Waals surface area contributed by atoms with Gasteiger partial charge in [-0.3, -0.25) is 19.4 Å². The predicted octanol–water partition coefficient (Wildman–Crippen LogP) is 5.94. The second-order valence-electron chi connectivity index (χ2n) is 13.3. The van der Waals surface area contributed by atoms with Crippen molar-refractivity contribution in [2.75, 3.05) is 65.4 Å². The smallest absolute Gasteiger partial charge is 0.221 e. The molecular weight excluding hydrogens is 548 g/mol. The monoisotopic (exact) mass is 623 g/mol. The summed E-state index contributed by atoms with van der Waals surface area (Å²) >= 11 is 0. The maximum absolute atomic E-state index is 13.1. The standard InChI is InChI=1S/C36H74N6O2/c1-5-9-13-15-19-33(17-11-7-3)38-35(43)21-24-40(27-30-42-31-28-41(26-23-37)29-32-42)25-22-36(44)39-34(18-12-8-4)20-16-14-10-6-2/h33-34H,5-32,37H2,1-4H3,(H,38,43)(H,39,44). The van der Waals surface area contributed by atoms with Crippen molar-refractivity contribution in [2.24, 2.45) is 5.73 Å². The molecule has 44 heavy (non-hydrogen) atoms. The minimum atomic E-state index is 0.165. The summed E-state index contributed by atoms with van der Waals surface area (Å²) < 4.78 is 0. The molecule has 2 atom stereocenters. The molecule has 1 aliphatic rings. The lowest BCUT2D eigenvalue weighted by Crippen LogP contribution is -2.49. The molecule has 0 aromatic heterocycles. The Morgan fingerprint density at radius 3 is 1.41 bits per heavy atom. The zero-order chi connectivity index (χ0) is 32.3. The van der Waals surface area contributed by atoms with E-state index in [4.69, 9.17) is 5.73 Å². The number of hydrogen-bond acceptors (Lipinski definition) is 6. The van der Waals surface area contributed by atoms with Crippen molar-refractivity contribution in [1.82, 2.24) is 25.3 Å². The number of nitrogens with zero attached hydrogens (tertiary/aromatic N) is 3. The molecule has 0 aromatic carbocycles. The first-order chi connectivity index (χ1) is 21.4. The number of amides is 2. The molecule has 0 aromatic rings. The molecule has 1 heterocycles. The first-order valence-corrected chi connectivity index (χ1v) is 18.9. The Kier molecular flexibility index (Phi) is 26.0. The van der Waals surface area contributed by atoms with E-state index in [1.807, 2.05) is 0 Å². The van der Waals surface area contributed by atoms with Gasteiger partial charge in [-0.2, -0.15) is 0 Å². The molecule has 0 radical (unpaired) electrons. The summed E-state index contributed by atoms with van der Waals surface area (Å²) in [7, 11) is 0. The number of hydrogen-bond donors (Lipinski definition) is 3. The molecule has 1 aliphatic heterocycles. The lowest BCUT2D eigenvalue weighted by Gasteiger charge is -2.35. The summed E-state index contributed by atoms with van der Waals surface area (Å²) in [6.45, 7) is 18.2. The molecular formula is C36H74N6O2. The molecule has 1 saturated heterocycles. The van der Waals surface area contributed by atoms with E-state index in [9.17, 15) is 9.59 Å². The van der Waals surface area contributed by atoms with Crippen molar-refractivity contribution in [3.63, 3.8) is 0 Å². The molecule has 4 N–H and O–H groups in total. The predicted molar refractivity (Wildman–Crippen MR) is 188 cm³/mol. The fraction of sp³-hybridized carbons (Fsp3) is 0.944. The highest BCUT2D eigenvalue weighted by Gasteiger charge is 2.19. The number of carbonyl (C=O) groups excluding carboxylic acids is 2. The van der Waals surface area contributed by atoms with Gasteiger partial charge >= 0.3 is 0 Å². The molecule has 1 rings (SSSR count). The average Bonchev–Trinajstić information content (AvgIpc) is 3.02. The summed E-state index contributed by atoms with van der Waals surface area (Å²) in [5, 5.41) is 6.75. The fourth-order valence-corrected chi connectivity index (χ4v) is 6.27. The van der Waals surface area contributed by atoms with E-state index >= 15 is 0 Å². The molecule has 2 unspecified atom stereocenters. The van der Waals surface area contributed by atoms with Crippen molar-refractivity contribution in [2.45, 2.75) is 155 Å². The maximum Gasteiger partial charge on any atom is 0.221 e. The first-order valence-electron chi connectivity index (χ1n) is 18.9. The van der Waals surface area contributed by atoms with Crippen LogP contribution in [0.3, 0.4) is 0 Å². The van der Waals surface area contributed by atoms with E-state index < -0.39 is 0 Å². The topological polar surface area (TPSA) is 93.9 Å². The number of rotatable bonds is 29. The van der Waals surface area contributed by atoms with E-state index in [0.29, 0.717) is 44.6 Å². The maximum atomic E-state index is 13.1. The van der Waals surface area contributed by atoms with Crippen molar-refractivity contribution in [1.29, 1.82) is 0 Å². The summed E-state index contributed by atoms with van der Waals surface area (Å²) in [5.41, 5.74) is 5.76. The second kappa shape index (κ2) is 28.0. The van der Waals surface area contributed by atoms with Crippen molar-refractivity contribution >= 4 is 11.8 Å². The van der Waals surface area contributed by atoms with Crippen LogP contribution in [0.1, 0.15) is 143 Å². The van der Waals surface area contributed by atoms with Crippen LogP contribution in [0.25, 0.3) is 0 Å². The van der Waals surface area contributed by atoms with Crippen LogP contribution in [-0.2, 0) is 9.59 Å². The summed E-state index contributed by atoms with van der Waals surface area (Å²) in [6, 6.07) is 0.585. The molecule has 1 fully saturated rings. The average molecular weight is 623 g/mol. The Hall–Kier alpha value is -1.22. The largest absolute Gasteiger partial charge is 0.353 e. The van der Waals surface area contributed by atoms with Gasteiger partial charge in [-0.15, -0.1) is 0 Å². The van der Waals surface area contributed by atoms with Crippen LogP contribution in [0.4, 0.5) is 0 Å². The Bertz CT molecular complexity index is 644. The van der Waals surface area contributed by atoms with Gasteiger partial charge in [0.15, 0.2) is 0 Å². The lowest BCUT2D eigenvalue weighted by molar-refractivity contribution is -0.122. The van der Waals surface area contributed by atoms with Crippen LogP contribution in [0.15, 0.2) is 0 Å². The summed E-state index contributed by atoms with van der Waals surface area (Å²) in [5.74, 6) is 0.330. The third kappa shape index (κ3) is 21.5. The SMILES string of the molecule is CCCCCCC(CCCC)NC(=O)CCN(CCC(=O)NC(CCCC)CCCCCC)CCN1CCN(CCN)CC1. The highest BCUT2D eigenvalue weighted by atomic mass is 16.2. The normalized spacial score (nSPS) is 15.9. The molecule has 0 saturated carbocycles. The number of unbranched alkanes of at least 4 members (excludes halogenated alkanes) is 8. The van der Waals surface area contributed by atoms with Crippen molar-refractivity contribution in [3.05, 3.63) is 0 Å². The van der Waals surface area contributed by atoms with Crippen LogP contribution in [-0.4, -0.2) is 104 Å². The molecule has 8 nitrogen and oxygen atoms in total. The van der Waals surface area contributed by atoms with Crippen molar-refractivity contribution in [3.8, 4) is 0 Å². The van der Waals surface area contributed by atoms with Crippen LogP contribution in [0, 0.1) is 0 Å². The highest BCUT2D eigenvalue weighted by Crippen LogP contribution is 2.13. The second-order valence-corrected chi connectivity index (χ2v) is 13.3. The van der Waals surface area contributed by atoms with Gasteiger partial charge in [-0.05, 0) is 25.7 Å². The number of carbonyl (C=O) groups is 2. The Labute approximate surface area is 273 Å². The third-order valence-electron chi connectivity index (χ3n) is 9.31. The fourth-order valence-electron chi connectivity index (χ4n) is 6.27. The van der Waals surface area contributed by atoms with Gasteiger partial charge in [0.2, 0.25) is 11.8 Å². The van der Waals surface area contributed by atoms with Gasteiger partial charge in [0.1, 0.15) is 0 Å². The molecule has 8 heteroatoms. The number of nitrogens with one attached hydrogen (secondary N) is 2. The highest BCUT2D eigenvalue weighted by molar-refractivity contribution is 5.77. The number of piperazine rings is 1.